The van der Waals surface area contributed by atoms with Gasteiger partial charge in [-0.15, -0.1) is 0 Å². The maximum absolute atomic E-state index is 2.39. The Kier molecular flexibility index (Phi) is 3.16. The van der Waals surface area contributed by atoms with Gasteiger partial charge in [-0.3, -0.25) is 0 Å². The molecule has 0 radical (unpaired) electrons. The smallest absolute Gasteiger partial charge is 0.00132 e. The molecule has 114 valence electrons. The van der Waals surface area contributed by atoms with Crippen LogP contribution < -0.4 is 0 Å². The summed E-state index contributed by atoms with van der Waals surface area (Å²) < 4.78 is 0. The van der Waals surface area contributed by atoms with Crippen molar-refractivity contribution in [2.75, 3.05) is 0 Å². The average molecular weight is 298 g/mol. The molecule has 3 aromatic carbocycles. The summed E-state index contributed by atoms with van der Waals surface area (Å²) in [7, 11) is 0. The fraction of sp³-hybridized carbons (Fsp3) is 0.217. The van der Waals surface area contributed by atoms with Crippen LogP contribution in [0.3, 0.4) is 0 Å². The molecule has 0 saturated carbocycles. The first kappa shape index (κ1) is 14.3. The van der Waals surface area contributed by atoms with Crippen molar-refractivity contribution in [3.05, 3.63) is 83.4 Å². The lowest BCUT2D eigenvalue weighted by molar-refractivity contribution is 0.592. The lowest BCUT2D eigenvalue weighted by atomic mass is 9.81. The molecule has 0 nitrogen and oxygen atoms in total. The van der Waals surface area contributed by atoms with Gasteiger partial charge in [-0.2, -0.15) is 0 Å². The van der Waals surface area contributed by atoms with E-state index in [-0.39, 0.29) is 5.41 Å². The first-order valence-corrected chi connectivity index (χ1v) is 8.35. The van der Waals surface area contributed by atoms with Crippen molar-refractivity contribution in [2.45, 2.75) is 32.6 Å². The average Bonchev–Trinajstić information content (AvgIpc) is 2.91. The van der Waals surface area contributed by atoms with Crippen LogP contribution in [0.25, 0.3) is 22.3 Å². The predicted molar refractivity (Wildman–Crippen MR) is 98.8 cm³/mol. The molecule has 0 fully saturated rings. The summed E-state index contributed by atoms with van der Waals surface area (Å²) in [5.41, 5.74) is 9.96. The highest BCUT2D eigenvalue weighted by Gasteiger charge is 2.21. The van der Waals surface area contributed by atoms with Gasteiger partial charge in [0.1, 0.15) is 0 Å². The zero-order chi connectivity index (χ0) is 16.0. The monoisotopic (exact) mass is 298 g/mol. The molecular formula is C23H22. The Morgan fingerprint density at radius 1 is 0.652 bits per heavy atom. The normalized spacial score (nSPS) is 12.8. The second-order valence-electron chi connectivity index (χ2n) is 7.50. The van der Waals surface area contributed by atoms with Crippen LogP contribution in [0.4, 0.5) is 0 Å². The molecule has 0 heteroatoms. The standard InChI is InChI=1S/C23H22/c1-23(2,3)22-11-7-6-10-21(22)17-12-13-20-18(15-17)14-16-8-4-5-9-19(16)20/h4-13,15H,14H2,1-3H3. The molecule has 0 aliphatic heterocycles. The number of hydrogen-bond acceptors (Lipinski definition) is 0. The summed E-state index contributed by atoms with van der Waals surface area (Å²) in [5, 5.41) is 0. The van der Waals surface area contributed by atoms with Crippen molar-refractivity contribution in [2.24, 2.45) is 0 Å². The largest absolute Gasteiger partial charge is 0.0619 e. The van der Waals surface area contributed by atoms with E-state index in [1.54, 1.807) is 0 Å². The molecular weight excluding hydrogens is 276 g/mol. The zero-order valence-electron chi connectivity index (χ0n) is 14.1. The Hall–Kier alpha value is -2.34. The van der Waals surface area contributed by atoms with Crippen LogP contribution in [-0.4, -0.2) is 0 Å². The van der Waals surface area contributed by atoms with Gasteiger partial charge in [0.25, 0.3) is 0 Å². The van der Waals surface area contributed by atoms with Gasteiger partial charge in [-0.1, -0.05) is 87.5 Å². The van der Waals surface area contributed by atoms with Crippen LogP contribution >= 0.6 is 0 Å². The SMILES string of the molecule is CC(C)(C)c1ccccc1-c1ccc2c(c1)Cc1ccccc1-2. The predicted octanol–water partition coefficient (Wildman–Crippen LogP) is 6.22. The van der Waals surface area contributed by atoms with Crippen molar-refractivity contribution in [3.63, 3.8) is 0 Å². The van der Waals surface area contributed by atoms with Gasteiger partial charge in [-0.25, -0.2) is 0 Å². The van der Waals surface area contributed by atoms with Crippen molar-refractivity contribution in [3.8, 4) is 22.3 Å². The molecule has 0 bridgehead atoms. The second kappa shape index (κ2) is 5.09. The molecule has 0 unspecified atom stereocenters. The van der Waals surface area contributed by atoms with E-state index in [0.717, 1.165) is 6.42 Å². The first-order chi connectivity index (χ1) is 11.0. The maximum atomic E-state index is 2.39. The van der Waals surface area contributed by atoms with Crippen molar-refractivity contribution >= 4 is 0 Å². The first-order valence-electron chi connectivity index (χ1n) is 8.35. The Balaban J connectivity index is 1.84. The van der Waals surface area contributed by atoms with Gasteiger partial charge >= 0.3 is 0 Å². The van der Waals surface area contributed by atoms with Gasteiger partial charge in [0.15, 0.2) is 0 Å². The quantitative estimate of drug-likeness (QED) is 0.391. The summed E-state index contributed by atoms with van der Waals surface area (Å²) in [4.78, 5) is 0. The molecule has 0 saturated heterocycles. The highest BCUT2D eigenvalue weighted by molar-refractivity contribution is 5.81. The molecule has 0 atom stereocenters. The minimum Gasteiger partial charge on any atom is -0.0619 e. The van der Waals surface area contributed by atoms with Gasteiger partial charge in [0.05, 0.1) is 0 Å². The Morgan fingerprint density at radius 2 is 1.30 bits per heavy atom. The Labute approximate surface area is 138 Å². The molecule has 3 aromatic rings. The molecule has 0 amide bonds. The van der Waals surface area contributed by atoms with Crippen LogP contribution in [0.5, 0.6) is 0 Å². The third-order valence-corrected chi connectivity index (χ3v) is 4.84. The van der Waals surface area contributed by atoms with E-state index in [1.165, 1.54) is 38.9 Å². The molecule has 1 aliphatic rings. The number of benzene rings is 3. The molecule has 0 heterocycles. The van der Waals surface area contributed by atoms with Crippen molar-refractivity contribution < 1.29 is 0 Å². The van der Waals surface area contributed by atoms with Crippen LogP contribution in [-0.2, 0) is 11.8 Å². The van der Waals surface area contributed by atoms with Gasteiger partial charge in [0.2, 0.25) is 0 Å². The summed E-state index contributed by atoms with van der Waals surface area (Å²) in [5.74, 6) is 0. The molecule has 23 heavy (non-hydrogen) atoms. The van der Waals surface area contributed by atoms with Crippen molar-refractivity contribution in [1.82, 2.24) is 0 Å². The van der Waals surface area contributed by atoms with E-state index in [4.69, 9.17) is 0 Å². The third kappa shape index (κ3) is 2.39. The minimum absolute atomic E-state index is 0.151. The molecule has 0 aromatic heterocycles. The summed E-state index contributed by atoms with van der Waals surface area (Å²) >= 11 is 0. The Morgan fingerprint density at radius 3 is 2.09 bits per heavy atom. The highest BCUT2D eigenvalue weighted by Crippen LogP contribution is 2.40. The number of rotatable bonds is 1. The van der Waals surface area contributed by atoms with E-state index in [0.29, 0.717) is 0 Å². The van der Waals surface area contributed by atoms with E-state index in [9.17, 15) is 0 Å². The summed E-state index contributed by atoms with van der Waals surface area (Å²) in [6.45, 7) is 6.86. The van der Waals surface area contributed by atoms with Gasteiger partial charge in [0, 0.05) is 0 Å². The topological polar surface area (TPSA) is 0 Å². The fourth-order valence-electron chi connectivity index (χ4n) is 3.70. The molecule has 4 rings (SSSR count). The van der Waals surface area contributed by atoms with E-state index in [2.05, 4.69) is 87.5 Å². The molecule has 0 N–H and O–H groups in total. The lowest BCUT2D eigenvalue weighted by Gasteiger charge is -2.23. The van der Waals surface area contributed by atoms with E-state index < -0.39 is 0 Å². The van der Waals surface area contributed by atoms with E-state index in [1.807, 2.05) is 0 Å². The molecule has 1 aliphatic carbocycles. The fourth-order valence-corrected chi connectivity index (χ4v) is 3.70. The maximum Gasteiger partial charge on any atom is -0.00132 e. The number of hydrogen-bond donors (Lipinski definition) is 0. The van der Waals surface area contributed by atoms with Gasteiger partial charge < -0.3 is 0 Å². The Bertz CT molecular complexity index is 879. The zero-order valence-corrected chi connectivity index (χ0v) is 14.1. The lowest BCUT2D eigenvalue weighted by Crippen LogP contribution is -2.12. The number of fused-ring (bicyclic) bond motifs is 3. The highest BCUT2D eigenvalue weighted by atomic mass is 14.3. The van der Waals surface area contributed by atoms with Crippen LogP contribution in [0.15, 0.2) is 66.7 Å². The second-order valence-corrected chi connectivity index (χ2v) is 7.50. The van der Waals surface area contributed by atoms with Crippen molar-refractivity contribution in [1.29, 1.82) is 0 Å². The molecule has 0 spiro atoms. The van der Waals surface area contributed by atoms with E-state index >= 15 is 0 Å². The summed E-state index contributed by atoms with van der Waals surface area (Å²) in [6, 6.07) is 24.5. The van der Waals surface area contributed by atoms with Crippen LogP contribution in [0, 0.1) is 0 Å². The minimum atomic E-state index is 0.151. The summed E-state index contributed by atoms with van der Waals surface area (Å²) in [6.07, 6.45) is 1.05. The van der Waals surface area contributed by atoms with Crippen LogP contribution in [0.1, 0.15) is 37.5 Å². The van der Waals surface area contributed by atoms with Crippen LogP contribution in [0.2, 0.25) is 0 Å². The van der Waals surface area contributed by atoms with Gasteiger partial charge in [-0.05, 0) is 50.8 Å². The third-order valence-electron chi connectivity index (χ3n) is 4.84.